The van der Waals surface area contributed by atoms with Crippen molar-refractivity contribution < 1.29 is 14.0 Å². The molecule has 3 amide bonds. The van der Waals surface area contributed by atoms with Crippen molar-refractivity contribution in [1.82, 2.24) is 15.1 Å². The number of hydrogen-bond donors (Lipinski definition) is 1. The van der Waals surface area contributed by atoms with Gasteiger partial charge in [0.05, 0.1) is 11.6 Å². The molecule has 1 aliphatic carbocycles. The predicted molar refractivity (Wildman–Crippen MR) is 102 cm³/mol. The van der Waals surface area contributed by atoms with E-state index < -0.39 is 0 Å². The van der Waals surface area contributed by atoms with Crippen LogP contribution in [0.4, 0.5) is 9.18 Å². The molecule has 1 aliphatic heterocycles. The number of urea groups is 1. The van der Waals surface area contributed by atoms with Gasteiger partial charge in [0.15, 0.2) is 0 Å². The summed E-state index contributed by atoms with van der Waals surface area (Å²) in [5.41, 5.74) is 2.31. The van der Waals surface area contributed by atoms with E-state index in [0.29, 0.717) is 43.7 Å². The number of nitrogens with zero attached hydrogens (tertiary/aromatic N) is 2. The van der Waals surface area contributed by atoms with Gasteiger partial charge < -0.3 is 15.1 Å². The third kappa shape index (κ3) is 3.69. The fraction of sp³-hybridized carbons (Fsp3) is 0.400. The zero-order valence-corrected chi connectivity index (χ0v) is 15.8. The fourth-order valence-corrected chi connectivity index (χ4v) is 4.52. The number of hydrogen-bond acceptors (Lipinski definition) is 3. The zero-order chi connectivity index (χ0) is 18.8. The Morgan fingerprint density at radius 2 is 1.93 bits per heavy atom. The van der Waals surface area contributed by atoms with Crippen LogP contribution in [0, 0.1) is 5.82 Å². The molecule has 0 spiro atoms. The molecule has 1 N–H and O–H groups in total. The van der Waals surface area contributed by atoms with Crippen LogP contribution >= 0.6 is 11.3 Å². The predicted octanol–water partition coefficient (Wildman–Crippen LogP) is 3.43. The van der Waals surface area contributed by atoms with Crippen molar-refractivity contribution in [2.45, 2.75) is 25.3 Å². The summed E-state index contributed by atoms with van der Waals surface area (Å²) >= 11 is 1.51. The summed E-state index contributed by atoms with van der Waals surface area (Å²) in [7, 11) is 0. The van der Waals surface area contributed by atoms with Crippen molar-refractivity contribution in [1.29, 1.82) is 0 Å². The number of nitrogens with one attached hydrogen (secondary N) is 1. The van der Waals surface area contributed by atoms with E-state index in [1.54, 1.807) is 11.0 Å². The first-order chi connectivity index (χ1) is 13.1. The van der Waals surface area contributed by atoms with Gasteiger partial charge in [-0.25, -0.2) is 9.18 Å². The zero-order valence-electron chi connectivity index (χ0n) is 15.0. The summed E-state index contributed by atoms with van der Waals surface area (Å²) in [6, 6.07) is 6.60. The molecular weight excluding hydrogens is 365 g/mol. The highest BCUT2D eigenvalue weighted by atomic mass is 32.1. The highest BCUT2D eigenvalue weighted by Gasteiger charge is 2.29. The third-order valence-corrected chi connectivity index (χ3v) is 6.03. The first-order valence-electron chi connectivity index (χ1n) is 9.27. The Morgan fingerprint density at radius 1 is 1.11 bits per heavy atom. The second-order valence-corrected chi connectivity index (χ2v) is 7.77. The van der Waals surface area contributed by atoms with Gasteiger partial charge in [0, 0.05) is 31.6 Å². The van der Waals surface area contributed by atoms with Crippen molar-refractivity contribution in [2.75, 3.05) is 26.2 Å². The molecule has 1 saturated heterocycles. The van der Waals surface area contributed by atoms with E-state index >= 15 is 0 Å². The Hall–Kier alpha value is -2.41. The molecule has 1 atom stereocenters. The molecule has 0 radical (unpaired) electrons. The Kier molecular flexibility index (Phi) is 5.11. The molecule has 4 rings (SSSR count). The summed E-state index contributed by atoms with van der Waals surface area (Å²) < 4.78 is 13.9. The summed E-state index contributed by atoms with van der Waals surface area (Å²) in [4.78, 5) is 28.8. The lowest BCUT2D eigenvalue weighted by Gasteiger charge is -2.24. The molecule has 0 bridgehead atoms. The van der Waals surface area contributed by atoms with Crippen molar-refractivity contribution in [3.05, 3.63) is 57.5 Å². The molecule has 2 aliphatic rings. The van der Waals surface area contributed by atoms with Gasteiger partial charge in [-0.15, -0.1) is 0 Å². The maximum atomic E-state index is 13.9. The van der Waals surface area contributed by atoms with Crippen LogP contribution in [0.15, 0.2) is 35.0 Å². The fourth-order valence-electron chi connectivity index (χ4n) is 3.89. The highest BCUT2D eigenvalue weighted by Crippen LogP contribution is 2.32. The van der Waals surface area contributed by atoms with Gasteiger partial charge in [0.1, 0.15) is 5.82 Å². The van der Waals surface area contributed by atoms with Crippen LogP contribution in [0.1, 0.15) is 40.4 Å². The van der Waals surface area contributed by atoms with Gasteiger partial charge in [-0.05, 0) is 47.9 Å². The lowest BCUT2D eigenvalue weighted by Crippen LogP contribution is -2.43. The Bertz CT molecular complexity index is 840. The lowest BCUT2D eigenvalue weighted by atomic mass is 10.1. The number of amides is 3. The topological polar surface area (TPSA) is 52.7 Å². The maximum absolute atomic E-state index is 13.9. The van der Waals surface area contributed by atoms with E-state index in [1.807, 2.05) is 27.8 Å². The molecule has 2 heterocycles. The van der Waals surface area contributed by atoms with Crippen LogP contribution in [0.5, 0.6) is 0 Å². The summed E-state index contributed by atoms with van der Waals surface area (Å²) in [6.07, 6.45) is 2.12. The molecule has 2 aromatic rings. The lowest BCUT2D eigenvalue weighted by molar-refractivity contribution is 0.0762. The van der Waals surface area contributed by atoms with Crippen LogP contribution < -0.4 is 5.32 Å². The first-order valence-corrected chi connectivity index (χ1v) is 10.2. The van der Waals surface area contributed by atoms with Gasteiger partial charge in [0.2, 0.25) is 0 Å². The van der Waals surface area contributed by atoms with E-state index in [4.69, 9.17) is 0 Å². The summed E-state index contributed by atoms with van der Waals surface area (Å²) in [6.45, 7) is 2.29. The number of thiophene rings is 1. The van der Waals surface area contributed by atoms with Crippen molar-refractivity contribution >= 4 is 23.3 Å². The van der Waals surface area contributed by atoms with Crippen molar-refractivity contribution in [2.24, 2.45) is 0 Å². The second-order valence-electron chi connectivity index (χ2n) is 6.99. The number of rotatable bonds is 2. The van der Waals surface area contributed by atoms with E-state index in [-0.39, 0.29) is 23.8 Å². The maximum Gasteiger partial charge on any atom is 0.317 e. The highest BCUT2D eigenvalue weighted by molar-refractivity contribution is 7.08. The Labute approximate surface area is 161 Å². The van der Waals surface area contributed by atoms with Crippen LogP contribution in [-0.2, 0) is 6.42 Å². The van der Waals surface area contributed by atoms with Crippen LogP contribution in [0.3, 0.4) is 0 Å². The normalized spacial score (nSPS) is 19.5. The first kappa shape index (κ1) is 18.0. The molecule has 27 heavy (non-hydrogen) atoms. The average molecular weight is 387 g/mol. The monoisotopic (exact) mass is 387 g/mol. The molecule has 0 saturated carbocycles. The number of fused-ring (bicyclic) bond motifs is 1. The van der Waals surface area contributed by atoms with Crippen LogP contribution in [0.2, 0.25) is 0 Å². The molecule has 5 nitrogen and oxygen atoms in total. The number of carbonyl (C=O) groups excluding carboxylic acids is 2. The molecule has 1 fully saturated rings. The molecule has 7 heteroatoms. The van der Waals surface area contributed by atoms with Gasteiger partial charge >= 0.3 is 6.03 Å². The number of halogens is 1. The number of carbonyl (C=O) groups is 2. The summed E-state index contributed by atoms with van der Waals surface area (Å²) in [5, 5.41) is 6.80. The Balaban J connectivity index is 1.37. The smallest absolute Gasteiger partial charge is 0.317 e. The van der Waals surface area contributed by atoms with Gasteiger partial charge in [-0.1, -0.05) is 12.1 Å². The van der Waals surface area contributed by atoms with Crippen molar-refractivity contribution in [3.8, 4) is 0 Å². The minimum Gasteiger partial charge on any atom is -0.337 e. The van der Waals surface area contributed by atoms with Crippen molar-refractivity contribution in [3.63, 3.8) is 0 Å². The van der Waals surface area contributed by atoms with E-state index in [2.05, 4.69) is 5.32 Å². The largest absolute Gasteiger partial charge is 0.337 e. The van der Waals surface area contributed by atoms with Gasteiger partial charge in [-0.2, -0.15) is 11.3 Å². The second kappa shape index (κ2) is 7.68. The van der Waals surface area contributed by atoms with E-state index in [1.165, 1.54) is 17.4 Å². The molecule has 1 aromatic heterocycles. The van der Waals surface area contributed by atoms with Gasteiger partial charge in [-0.3, -0.25) is 4.79 Å². The molecular formula is C20H22FN3O2S. The quantitative estimate of drug-likeness (QED) is 0.858. The number of benzene rings is 1. The SMILES string of the molecule is O=C(NC1CCc2c(F)cccc21)N1CCCN(C(=O)c2ccsc2)CC1. The van der Waals surface area contributed by atoms with Gasteiger partial charge in [0.25, 0.3) is 5.91 Å². The standard InChI is InChI=1S/C20H22FN3O2S/c21-17-4-1-3-16-15(17)5-6-18(16)22-20(26)24-9-2-8-23(10-11-24)19(25)14-7-12-27-13-14/h1,3-4,7,12-13,18H,2,5-6,8-11H2,(H,22,26). The molecule has 142 valence electrons. The summed E-state index contributed by atoms with van der Waals surface area (Å²) in [5.74, 6) is -0.166. The third-order valence-electron chi connectivity index (χ3n) is 5.35. The molecule has 1 aromatic carbocycles. The average Bonchev–Trinajstić information content (AvgIpc) is 3.27. The van der Waals surface area contributed by atoms with E-state index in [0.717, 1.165) is 18.4 Å². The molecule has 1 unspecified atom stereocenters. The minimum absolute atomic E-state index is 0.0266. The Morgan fingerprint density at radius 3 is 2.74 bits per heavy atom. The minimum atomic E-state index is -0.193. The van der Waals surface area contributed by atoms with E-state index in [9.17, 15) is 14.0 Å². The van der Waals surface area contributed by atoms with Crippen LogP contribution in [-0.4, -0.2) is 47.9 Å². The van der Waals surface area contributed by atoms with Crippen LogP contribution in [0.25, 0.3) is 0 Å².